The van der Waals surface area contributed by atoms with Crippen LogP contribution < -0.4 is 5.32 Å². The Balaban J connectivity index is 1.51. The van der Waals surface area contributed by atoms with Crippen LogP contribution in [-0.2, 0) is 6.54 Å². The van der Waals surface area contributed by atoms with Gasteiger partial charge in [-0.2, -0.15) is 0 Å². The van der Waals surface area contributed by atoms with Gasteiger partial charge >= 0.3 is 0 Å². The van der Waals surface area contributed by atoms with Crippen molar-refractivity contribution >= 4 is 11.6 Å². The van der Waals surface area contributed by atoms with Gasteiger partial charge in [0, 0.05) is 42.8 Å². The van der Waals surface area contributed by atoms with Crippen LogP contribution in [0.4, 0.5) is 11.6 Å². The second-order valence-corrected chi connectivity index (χ2v) is 7.16. The molecule has 1 aliphatic heterocycles. The Labute approximate surface area is 159 Å². The number of hydrogen-bond donors (Lipinski definition) is 2. The Morgan fingerprint density at radius 3 is 2.96 bits per heavy atom. The smallest absolute Gasteiger partial charge is 0.135 e. The highest BCUT2D eigenvalue weighted by molar-refractivity contribution is 5.55. The van der Waals surface area contributed by atoms with Crippen molar-refractivity contribution in [3.8, 4) is 0 Å². The van der Waals surface area contributed by atoms with Crippen LogP contribution >= 0.6 is 0 Å². The van der Waals surface area contributed by atoms with Crippen LogP contribution in [-0.4, -0.2) is 42.9 Å². The molecule has 0 aromatic carbocycles. The van der Waals surface area contributed by atoms with Crippen LogP contribution in [0.25, 0.3) is 0 Å². The summed E-state index contributed by atoms with van der Waals surface area (Å²) in [5.41, 5.74) is 2.07. The SMILES string of the molecule is Cc1cc(Nc2ncccc2C)nc(C2CCCN(Cc3ncc[nH]3)C2)n1. The highest BCUT2D eigenvalue weighted by Crippen LogP contribution is 2.27. The van der Waals surface area contributed by atoms with Crippen LogP contribution in [0.5, 0.6) is 0 Å². The second kappa shape index (κ2) is 7.84. The number of aryl methyl sites for hydroxylation is 2. The minimum Gasteiger partial charge on any atom is -0.348 e. The lowest BCUT2D eigenvalue weighted by Gasteiger charge is -2.31. The fourth-order valence-electron chi connectivity index (χ4n) is 3.58. The number of likely N-dealkylation sites (tertiary alicyclic amines) is 1. The number of imidazole rings is 1. The summed E-state index contributed by atoms with van der Waals surface area (Å²) in [7, 11) is 0. The van der Waals surface area contributed by atoms with E-state index in [1.165, 1.54) is 0 Å². The third kappa shape index (κ3) is 4.31. The molecule has 0 saturated carbocycles. The van der Waals surface area contributed by atoms with Crippen molar-refractivity contribution in [2.24, 2.45) is 0 Å². The van der Waals surface area contributed by atoms with Gasteiger partial charge in [-0.15, -0.1) is 0 Å². The minimum absolute atomic E-state index is 0.332. The third-order valence-corrected chi connectivity index (χ3v) is 4.93. The van der Waals surface area contributed by atoms with Crippen LogP contribution in [0.1, 0.15) is 41.7 Å². The predicted molar refractivity (Wildman–Crippen MR) is 105 cm³/mol. The first-order valence-corrected chi connectivity index (χ1v) is 9.42. The zero-order chi connectivity index (χ0) is 18.6. The number of aromatic amines is 1. The van der Waals surface area contributed by atoms with Crippen LogP contribution in [0.2, 0.25) is 0 Å². The summed E-state index contributed by atoms with van der Waals surface area (Å²) < 4.78 is 0. The Bertz CT molecular complexity index is 891. The lowest BCUT2D eigenvalue weighted by Crippen LogP contribution is -2.35. The first-order chi connectivity index (χ1) is 13.2. The van der Waals surface area contributed by atoms with E-state index >= 15 is 0 Å². The van der Waals surface area contributed by atoms with Gasteiger partial charge in [0.15, 0.2) is 0 Å². The number of pyridine rings is 1. The summed E-state index contributed by atoms with van der Waals surface area (Å²) in [5.74, 6) is 3.90. The summed E-state index contributed by atoms with van der Waals surface area (Å²) in [4.78, 5) is 23.9. The third-order valence-electron chi connectivity index (χ3n) is 4.93. The molecule has 3 aromatic heterocycles. The molecule has 3 aromatic rings. The maximum atomic E-state index is 4.81. The summed E-state index contributed by atoms with van der Waals surface area (Å²) in [6, 6.07) is 5.95. The van der Waals surface area contributed by atoms with E-state index < -0.39 is 0 Å². The van der Waals surface area contributed by atoms with E-state index in [4.69, 9.17) is 9.97 Å². The number of anilines is 2. The summed E-state index contributed by atoms with van der Waals surface area (Å²) in [5, 5.41) is 3.35. The fraction of sp³-hybridized carbons (Fsp3) is 0.400. The highest BCUT2D eigenvalue weighted by Gasteiger charge is 2.24. The van der Waals surface area contributed by atoms with Gasteiger partial charge in [-0.3, -0.25) is 4.90 Å². The Morgan fingerprint density at radius 2 is 2.15 bits per heavy atom. The van der Waals surface area contributed by atoms with Crippen molar-refractivity contribution in [2.45, 2.75) is 39.2 Å². The number of nitrogens with zero attached hydrogens (tertiary/aromatic N) is 5. The molecule has 7 heteroatoms. The van der Waals surface area contributed by atoms with Crippen LogP contribution in [0.15, 0.2) is 36.8 Å². The summed E-state index contributed by atoms with van der Waals surface area (Å²) >= 11 is 0. The summed E-state index contributed by atoms with van der Waals surface area (Å²) in [6.07, 6.45) is 7.72. The molecular formula is C20H25N7. The number of aromatic nitrogens is 5. The van der Waals surface area contributed by atoms with E-state index in [1.54, 1.807) is 12.4 Å². The standard InChI is InChI=1S/C20H25N7/c1-14-5-3-7-23-19(14)25-17-11-15(2)24-20(26-17)16-6-4-10-27(12-16)13-18-21-8-9-22-18/h3,5,7-9,11,16H,4,6,10,12-13H2,1-2H3,(H,21,22)(H,23,24,25,26). The van der Waals surface area contributed by atoms with Gasteiger partial charge in [0.1, 0.15) is 23.3 Å². The van der Waals surface area contributed by atoms with Gasteiger partial charge in [0.2, 0.25) is 0 Å². The molecule has 2 N–H and O–H groups in total. The van der Waals surface area contributed by atoms with Gasteiger partial charge < -0.3 is 10.3 Å². The first-order valence-electron chi connectivity index (χ1n) is 9.42. The molecular weight excluding hydrogens is 338 g/mol. The molecule has 4 heterocycles. The van der Waals surface area contributed by atoms with Gasteiger partial charge in [0.05, 0.1) is 6.54 Å². The molecule has 1 unspecified atom stereocenters. The Morgan fingerprint density at radius 1 is 1.22 bits per heavy atom. The average Bonchev–Trinajstić information content (AvgIpc) is 3.16. The zero-order valence-electron chi connectivity index (χ0n) is 15.8. The number of nitrogens with one attached hydrogen (secondary N) is 2. The monoisotopic (exact) mass is 363 g/mol. The van der Waals surface area contributed by atoms with Crippen molar-refractivity contribution < 1.29 is 0 Å². The fourth-order valence-corrected chi connectivity index (χ4v) is 3.58. The molecule has 27 heavy (non-hydrogen) atoms. The predicted octanol–water partition coefficient (Wildman–Crippen LogP) is 3.33. The minimum atomic E-state index is 0.332. The second-order valence-electron chi connectivity index (χ2n) is 7.16. The van der Waals surface area contributed by atoms with Crippen molar-refractivity contribution in [1.82, 2.24) is 29.8 Å². The van der Waals surface area contributed by atoms with E-state index in [2.05, 4.69) is 25.2 Å². The van der Waals surface area contributed by atoms with E-state index in [1.807, 2.05) is 38.2 Å². The molecule has 140 valence electrons. The zero-order valence-corrected chi connectivity index (χ0v) is 15.8. The van der Waals surface area contributed by atoms with Crippen molar-refractivity contribution in [3.63, 3.8) is 0 Å². The topological polar surface area (TPSA) is 82.6 Å². The molecule has 7 nitrogen and oxygen atoms in total. The van der Waals surface area contributed by atoms with E-state index in [0.29, 0.717) is 5.92 Å². The lowest BCUT2D eigenvalue weighted by atomic mass is 9.97. The molecule has 0 spiro atoms. The molecule has 0 amide bonds. The van der Waals surface area contributed by atoms with Gasteiger partial charge in [0.25, 0.3) is 0 Å². The normalized spacial score (nSPS) is 17.8. The summed E-state index contributed by atoms with van der Waals surface area (Å²) in [6.45, 7) is 6.93. The molecule has 0 aliphatic carbocycles. The molecule has 0 radical (unpaired) electrons. The average molecular weight is 363 g/mol. The molecule has 1 fully saturated rings. The largest absolute Gasteiger partial charge is 0.348 e. The van der Waals surface area contributed by atoms with E-state index in [-0.39, 0.29) is 0 Å². The van der Waals surface area contributed by atoms with Crippen LogP contribution in [0.3, 0.4) is 0 Å². The quantitative estimate of drug-likeness (QED) is 0.723. The number of rotatable bonds is 5. The number of hydrogen-bond acceptors (Lipinski definition) is 6. The molecule has 1 aliphatic rings. The lowest BCUT2D eigenvalue weighted by molar-refractivity contribution is 0.192. The number of H-pyrrole nitrogens is 1. The maximum absolute atomic E-state index is 4.81. The van der Waals surface area contributed by atoms with Gasteiger partial charge in [-0.05, 0) is 44.9 Å². The highest BCUT2D eigenvalue weighted by atomic mass is 15.2. The van der Waals surface area contributed by atoms with Gasteiger partial charge in [-0.1, -0.05) is 6.07 Å². The van der Waals surface area contributed by atoms with Crippen molar-refractivity contribution in [2.75, 3.05) is 18.4 Å². The van der Waals surface area contributed by atoms with E-state index in [0.717, 1.165) is 67.0 Å². The first kappa shape index (κ1) is 17.6. The molecule has 1 atom stereocenters. The number of piperidine rings is 1. The van der Waals surface area contributed by atoms with Crippen LogP contribution in [0, 0.1) is 13.8 Å². The molecule has 4 rings (SSSR count). The van der Waals surface area contributed by atoms with E-state index in [9.17, 15) is 0 Å². The Kier molecular flexibility index (Phi) is 5.11. The van der Waals surface area contributed by atoms with Crippen molar-refractivity contribution in [1.29, 1.82) is 0 Å². The van der Waals surface area contributed by atoms with Crippen molar-refractivity contribution in [3.05, 3.63) is 59.7 Å². The Hall–Kier alpha value is -2.80. The molecule has 0 bridgehead atoms. The van der Waals surface area contributed by atoms with Gasteiger partial charge in [-0.25, -0.2) is 19.9 Å². The maximum Gasteiger partial charge on any atom is 0.135 e. The molecule has 1 saturated heterocycles.